The van der Waals surface area contributed by atoms with E-state index in [9.17, 15) is 5.11 Å². The minimum atomic E-state index is 0.0754. The Hall–Kier alpha value is -2.89. The fourth-order valence-corrected chi connectivity index (χ4v) is 3.06. The molecule has 0 bridgehead atoms. The zero-order valence-electron chi connectivity index (χ0n) is 14.5. The van der Waals surface area contributed by atoms with Crippen molar-refractivity contribution in [3.63, 3.8) is 0 Å². The highest BCUT2D eigenvalue weighted by Crippen LogP contribution is 2.30. The molecule has 1 aromatic carbocycles. The molecule has 0 radical (unpaired) electrons. The number of nitrogens with zero attached hydrogens (tertiary/aromatic N) is 4. The van der Waals surface area contributed by atoms with Crippen LogP contribution >= 0.6 is 0 Å². The Morgan fingerprint density at radius 3 is 2.17 bits per heavy atom. The summed E-state index contributed by atoms with van der Waals surface area (Å²) in [6.45, 7) is 7.91. The van der Waals surface area contributed by atoms with Crippen LogP contribution in [0.3, 0.4) is 0 Å². The van der Waals surface area contributed by atoms with Crippen molar-refractivity contribution in [1.29, 1.82) is 0 Å². The zero-order chi connectivity index (χ0) is 17.4. The van der Waals surface area contributed by atoms with Crippen LogP contribution in [0.15, 0.2) is 23.3 Å². The number of phenolic OH excluding ortho intramolecular Hbond substituents is 1. The molecule has 0 saturated heterocycles. The summed E-state index contributed by atoms with van der Waals surface area (Å²) in [5.74, 6) is 0.497. The number of hydrogen-bond donors (Lipinski definition) is 1. The van der Waals surface area contributed by atoms with Gasteiger partial charge in [0, 0.05) is 27.7 Å². The molecule has 124 valence electrons. The van der Waals surface area contributed by atoms with Crippen molar-refractivity contribution >= 4 is 17.0 Å². The summed E-state index contributed by atoms with van der Waals surface area (Å²) in [6, 6.07) is 5.31. The average Bonchev–Trinajstić information content (AvgIpc) is 2.82. The summed E-state index contributed by atoms with van der Waals surface area (Å²) in [6.07, 6.45) is 1.63. The van der Waals surface area contributed by atoms with Gasteiger partial charge in [0.2, 0.25) is 0 Å². The van der Waals surface area contributed by atoms with Crippen molar-refractivity contribution < 1.29 is 9.84 Å². The first-order valence-corrected chi connectivity index (χ1v) is 7.67. The monoisotopic (exact) mass is 324 g/mol. The predicted molar refractivity (Wildman–Crippen MR) is 94.1 cm³/mol. The van der Waals surface area contributed by atoms with Crippen molar-refractivity contribution in [2.45, 2.75) is 27.7 Å². The molecule has 0 fully saturated rings. The topological polar surface area (TPSA) is 72.5 Å². The second-order valence-corrected chi connectivity index (χ2v) is 5.75. The number of aromatic hydroxyl groups is 1. The lowest BCUT2D eigenvalue weighted by Gasteiger charge is -2.06. The van der Waals surface area contributed by atoms with E-state index in [1.807, 2.05) is 38.4 Å². The Balaban J connectivity index is 2.15. The van der Waals surface area contributed by atoms with Gasteiger partial charge in [0.15, 0.2) is 11.5 Å². The molecule has 0 atom stereocenters. The molecule has 3 aromatic rings. The smallest absolute Gasteiger partial charge is 0.166 e. The number of aryl methyl sites for hydroxylation is 4. The fraction of sp³-hybridized carbons (Fsp3) is 0.278. The van der Waals surface area contributed by atoms with Crippen LogP contribution in [-0.4, -0.2) is 33.3 Å². The van der Waals surface area contributed by atoms with E-state index >= 15 is 0 Å². The fourth-order valence-electron chi connectivity index (χ4n) is 3.06. The highest BCUT2D eigenvalue weighted by molar-refractivity contribution is 5.92. The molecule has 24 heavy (non-hydrogen) atoms. The van der Waals surface area contributed by atoms with Gasteiger partial charge in [-0.25, -0.2) is 4.68 Å². The number of phenols is 1. The van der Waals surface area contributed by atoms with Crippen molar-refractivity contribution in [2.24, 2.45) is 5.10 Å². The third kappa shape index (κ3) is 2.40. The lowest BCUT2D eigenvalue weighted by Crippen LogP contribution is -1.96. The highest BCUT2D eigenvalue weighted by atomic mass is 16.5. The van der Waals surface area contributed by atoms with E-state index in [1.54, 1.807) is 18.3 Å². The molecular weight excluding hydrogens is 304 g/mol. The first-order chi connectivity index (χ1) is 11.5. The molecule has 0 aliphatic rings. The van der Waals surface area contributed by atoms with E-state index < -0.39 is 0 Å². The van der Waals surface area contributed by atoms with E-state index in [0.717, 1.165) is 33.5 Å². The largest absolute Gasteiger partial charge is 0.504 e. The minimum absolute atomic E-state index is 0.0754. The number of aromatic nitrogens is 3. The first kappa shape index (κ1) is 16.0. The van der Waals surface area contributed by atoms with E-state index in [4.69, 9.17) is 4.74 Å². The maximum Gasteiger partial charge on any atom is 0.166 e. The summed E-state index contributed by atoms with van der Waals surface area (Å²) in [4.78, 5) is 0. The van der Waals surface area contributed by atoms with Crippen molar-refractivity contribution in [2.75, 3.05) is 7.11 Å². The summed E-state index contributed by atoms with van der Waals surface area (Å²) in [5.41, 5.74) is 4.35. The number of para-hydroxylation sites is 1. The number of benzene rings is 1. The molecule has 2 heterocycles. The maximum atomic E-state index is 10.2. The van der Waals surface area contributed by atoms with E-state index in [2.05, 4.69) is 15.3 Å². The molecule has 0 amide bonds. The average molecular weight is 324 g/mol. The molecule has 1 N–H and O–H groups in total. The van der Waals surface area contributed by atoms with Gasteiger partial charge < -0.3 is 9.84 Å². The summed E-state index contributed by atoms with van der Waals surface area (Å²) in [7, 11) is 1.52. The van der Waals surface area contributed by atoms with Gasteiger partial charge in [-0.1, -0.05) is 6.07 Å². The van der Waals surface area contributed by atoms with Gasteiger partial charge in [-0.3, -0.25) is 0 Å². The Bertz CT molecular complexity index is 913. The van der Waals surface area contributed by atoms with Gasteiger partial charge in [-0.15, -0.1) is 0 Å². The van der Waals surface area contributed by atoms with Crippen LogP contribution < -0.4 is 4.74 Å². The Kier molecular flexibility index (Phi) is 3.97. The van der Waals surface area contributed by atoms with Gasteiger partial charge in [0.25, 0.3) is 0 Å². The van der Waals surface area contributed by atoms with Crippen molar-refractivity contribution in [3.05, 3.63) is 46.5 Å². The van der Waals surface area contributed by atoms with Crippen LogP contribution in [0.5, 0.6) is 11.5 Å². The minimum Gasteiger partial charge on any atom is -0.504 e. The predicted octanol–water partition coefficient (Wildman–Crippen LogP) is 3.26. The molecule has 0 aliphatic carbocycles. The normalized spacial score (nSPS) is 11.5. The Morgan fingerprint density at radius 1 is 1.04 bits per heavy atom. The number of fused-ring (bicyclic) bond motifs is 1. The molecule has 0 saturated carbocycles. The summed E-state index contributed by atoms with van der Waals surface area (Å²) in [5, 5.41) is 25.3. The van der Waals surface area contributed by atoms with Crippen LogP contribution in [0.1, 0.15) is 28.3 Å². The lowest BCUT2D eigenvalue weighted by atomic mass is 10.1. The third-order valence-corrected chi connectivity index (χ3v) is 4.25. The van der Waals surface area contributed by atoms with Crippen LogP contribution in [0.2, 0.25) is 0 Å². The number of rotatable bonds is 3. The molecule has 0 unspecified atom stereocenters. The van der Waals surface area contributed by atoms with Gasteiger partial charge in [-0.05, 0) is 39.8 Å². The molecule has 0 spiro atoms. The Labute approximate surface area is 140 Å². The van der Waals surface area contributed by atoms with Gasteiger partial charge in [-0.2, -0.15) is 15.3 Å². The third-order valence-electron chi connectivity index (χ3n) is 4.25. The van der Waals surface area contributed by atoms with Crippen molar-refractivity contribution in [3.8, 4) is 11.5 Å². The molecule has 0 aliphatic heterocycles. The maximum absolute atomic E-state index is 10.2. The van der Waals surface area contributed by atoms with Gasteiger partial charge >= 0.3 is 0 Å². The van der Waals surface area contributed by atoms with E-state index in [0.29, 0.717) is 11.3 Å². The second kappa shape index (κ2) is 5.96. The summed E-state index contributed by atoms with van der Waals surface area (Å²) >= 11 is 0. The van der Waals surface area contributed by atoms with Crippen LogP contribution in [0.4, 0.5) is 0 Å². The zero-order valence-corrected chi connectivity index (χ0v) is 14.5. The first-order valence-electron chi connectivity index (χ1n) is 7.67. The standard InChI is InChI=1S/C18H20N4O2/c1-10-16-12(3)22(13(4)17(16)11(2)21-20-10)19-9-14-7-6-8-15(24-5)18(14)23/h6-9,23H,1-5H3/b19-9+. The van der Waals surface area contributed by atoms with Crippen LogP contribution in [-0.2, 0) is 0 Å². The number of methoxy groups -OCH3 is 1. The number of hydrogen-bond acceptors (Lipinski definition) is 5. The molecular formula is C18H20N4O2. The van der Waals surface area contributed by atoms with E-state index in [-0.39, 0.29) is 5.75 Å². The second-order valence-electron chi connectivity index (χ2n) is 5.75. The van der Waals surface area contributed by atoms with Crippen LogP contribution in [0.25, 0.3) is 10.8 Å². The van der Waals surface area contributed by atoms with Crippen LogP contribution in [0, 0.1) is 27.7 Å². The SMILES string of the molecule is COc1cccc(/C=N/n2c(C)c3c(C)nnc(C)c3c2C)c1O. The Morgan fingerprint density at radius 2 is 1.62 bits per heavy atom. The molecule has 6 nitrogen and oxygen atoms in total. The van der Waals surface area contributed by atoms with Crippen molar-refractivity contribution in [1.82, 2.24) is 14.9 Å². The number of ether oxygens (including phenoxy) is 1. The van der Waals surface area contributed by atoms with E-state index in [1.165, 1.54) is 7.11 Å². The molecule has 2 aromatic heterocycles. The lowest BCUT2D eigenvalue weighted by molar-refractivity contribution is 0.373. The molecule has 3 rings (SSSR count). The molecule has 6 heteroatoms. The highest BCUT2D eigenvalue weighted by Gasteiger charge is 2.16. The van der Waals surface area contributed by atoms with Gasteiger partial charge in [0.05, 0.1) is 24.7 Å². The van der Waals surface area contributed by atoms with Gasteiger partial charge in [0.1, 0.15) is 0 Å². The summed E-state index contributed by atoms with van der Waals surface area (Å²) < 4.78 is 6.98. The quantitative estimate of drug-likeness (QED) is 0.751.